The molecule has 0 saturated carbocycles. The lowest BCUT2D eigenvalue weighted by atomic mass is 10.0. The fourth-order valence-corrected chi connectivity index (χ4v) is 3.50. The van der Waals surface area contributed by atoms with Crippen LogP contribution in [-0.4, -0.2) is 36.5 Å². The summed E-state index contributed by atoms with van der Waals surface area (Å²) in [5, 5.41) is 4.64. The fourth-order valence-electron chi connectivity index (χ4n) is 2.98. The first kappa shape index (κ1) is 17.3. The topological polar surface area (TPSA) is 32.3 Å². The van der Waals surface area contributed by atoms with E-state index < -0.39 is 0 Å². The van der Waals surface area contributed by atoms with E-state index in [9.17, 15) is 4.79 Å². The number of carbonyl (C=O) groups is 1. The van der Waals surface area contributed by atoms with E-state index in [0.717, 1.165) is 37.2 Å². The van der Waals surface area contributed by atoms with Crippen molar-refractivity contribution in [2.45, 2.75) is 19.4 Å². The molecule has 2 aromatic carbocycles. The van der Waals surface area contributed by atoms with Gasteiger partial charge in [0, 0.05) is 46.8 Å². The highest BCUT2D eigenvalue weighted by Gasteiger charge is 2.23. The van der Waals surface area contributed by atoms with Crippen molar-refractivity contribution < 1.29 is 4.79 Å². The van der Waals surface area contributed by atoms with Crippen LogP contribution in [0.5, 0.6) is 0 Å². The Morgan fingerprint density at radius 3 is 2.62 bits per heavy atom. The Bertz CT molecular complexity index is 731. The third-order valence-electron chi connectivity index (χ3n) is 4.41. The minimum Gasteiger partial charge on any atom is -0.336 e. The second-order valence-corrected chi connectivity index (χ2v) is 6.86. The van der Waals surface area contributed by atoms with Crippen molar-refractivity contribution in [3.05, 3.63) is 58.1 Å². The Morgan fingerprint density at radius 1 is 1.21 bits per heavy atom. The minimum absolute atomic E-state index is 0.0868. The molecule has 0 aliphatic carbocycles. The van der Waals surface area contributed by atoms with Gasteiger partial charge >= 0.3 is 0 Å². The van der Waals surface area contributed by atoms with Gasteiger partial charge in [0.05, 0.1) is 0 Å². The van der Waals surface area contributed by atoms with Crippen LogP contribution in [0.25, 0.3) is 11.1 Å². The average molecular weight is 363 g/mol. The van der Waals surface area contributed by atoms with E-state index >= 15 is 0 Å². The molecule has 0 spiro atoms. The molecule has 126 valence electrons. The van der Waals surface area contributed by atoms with E-state index in [2.05, 4.69) is 12.2 Å². The Balaban J connectivity index is 1.77. The van der Waals surface area contributed by atoms with Crippen molar-refractivity contribution in [2.75, 3.05) is 19.6 Å². The Morgan fingerprint density at radius 2 is 1.96 bits per heavy atom. The van der Waals surface area contributed by atoms with Gasteiger partial charge in [0.2, 0.25) is 0 Å². The molecular weight excluding hydrogens is 343 g/mol. The number of piperazine rings is 1. The van der Waals surface area contributed by atoms with E-state index in [4.69, 9.17) is 23.2 Å². The maximum atomic E-state index is 12.7. The summed E-state index contributed by atoms with van der Waals surface area (Å²) in [7, 11) is 0. The number of amides is 1. The van der Waals surface area contributed by atoms with Gasteiger partial charge in [-0.2, -0.15) is 0 Å². The molecule has 1 amide bonds. The molecule has 0 bridgehead atoms. The predicted molar refractivity (Wildman–Crippen MR) is 99.9 cm³/mol. The highest BCUT2D eigenvalue weighted by Crippen LogP contribution is 2.30. The first-order valence-electron chi connectivity index (χ1n) is 8.16. The number of benzene rings is 2. The first-order valence-corrected chi connectivity index (χ1v) is 8.92. The summed E-state index contributed by atoms with van der Waals surface area (Å²) in [6, 6.07) is 13.4. The lowest BCUT2D eigenvalue weighted by molar-refractivity contribution is 0.0701. The van der Waals surface area contributed by atoms with Crippen LogP contribution in [0.3, 0.4) is 0 Å². The Labute approximate surface area is 152 Å². The molecule has 1 saturated heterocycles. The number of nitrogens with one attached hydrogen (secondary N) is 1. The molecule has 1 fully saturated rings. The first-order chi connectivity index (χ1) is 11.6. The summed E-state index contributed by atoms with van der Waals surface area (Å²) in [6.45, 7) is 4.50. The molecule has 2 aromatic rings. The lowest BCUT2D eigenvalue weighted by Crippen LogP contribution is -2.52. The van der Waals surface area contributed by atoms with E-state index in [-0.39, 0.29) is 5.91 Å². The summed E-state index contributed by atoms with van der Waals surface area (Å²) >= 11 is 12.2. The van der Waals surface area contributed by atoms with Crippen LogP contribution >= 0.6 is 23.2 Å². The molecule has 0 aromatic heterocycles. The van der Waals surface area contributed by atoms with Crippen LogP contribution < -0.4 is 5.32 Å². The number of hydrogen-bond acceptors (Lipinski definition) is 2. The molecule has 24 heavy (non-hydrogen) atoms. The van der Waals surface area contributed by atoms with Crippen LogP contribution in [0.2, 0.25) is 10.0 Å². The number of halogens is 2. The van der Waals surface area contributed by atoms with Crippen molar-refractivity contribution in [3.63, 3.8) is 0 Å². The van der Waals surface area contributed by atoms with Gasteiger partial charge in [-0.1, -0.05) is 48.3 Å². The third kappa shape index (κ3) is 3.75. The fraction of sp³-hybridized carbons (Fsp3) is 0.316. The zero-order valence-corrected chi connectivity index (χ0v) is 15.1. The van der Waals surface area contributed by atoms with Crippen molar-refractivity contribution in [3.8, 4) is 11.1 Å². The van der Waals surface area contributed by atoms with Gasteiger partial charge in [-0.3, -0.25) is 4.79 Å². The summed E-state index contributed by atoms with van der Waals surface area (Å²) in [5.74, 6) is 0.0868. The zero-order valence-electron chi connectivity index (χ0n) is 13.6. The molecule has 5 heteroatoms. The molecule has 3 rings (SSSR count). The minimum atomic E-state index is 0.0868. The summed E-state index contributed by atoms with van der Waals surface area (Å²) in [6.07, 6.45) is 1.03. The van der Waals surface area contributed by atoms with Crippen LogP contribution in [0, 0.1) is 0 Å². The quantitative estimate of drug-likeness (QED) is 0.872. The number of carbonyl (C=O) groups excluding carboxylic acids is 1. The molecule has 0 radical (unpaired) electrons. The van der Waals surface area contributed by atoms with Crippen molar-refractivity contribution >= 4 is 29.1 Å². The van der Waals surface area contributed by atoms with Crippen LogP contribution in [0.15, 0.2) is 42.5 Å². The predicted octanol–water partition coefficient (Wildman–Crippen LogP) is 4.48. The van der Waals surface area contributed by atoms with Gasteiger partial charge < -0.3 is 10.2 Å². The van der Waals surface area contributed by atoms with Crippen LogP contribution in [0.1, 0.15) is 23.7 Å². The molecule has 0 unspecified atom stereocenters. The summed E-state index contributed by atoms with van der Waals surface area (Å²) < 4.78 is 0. The normalized spacial score (nSPS) is 17.8. The van der Waals surface area contributed by atoms with Gasteiger partial charge in [-0.25, -0.2) is 0 Å². The zero-order chi connectivity index (χ0) is 17.1. The van der Waals surface area contributed by atoms with Crippen LogP contribution in [0.4, 0.5) is 0 Å². The van der Waals surface area contributed by atoms with E-state index in [0.29, 0.717) is 21.7 Å². The molecule has 3 nitrogen and oxygen atoms in total. The van der Waals surface area contributed by atoms with Crippen molar-refractivity contribution in [1.82, 2.24) is 10.2 Å². The van der Waals surface area contributed by atoms with Gasteiger partial charge in [0.1, 0.15) is 0 Å². The standard InChI is InChI=1S/C19H20Cl2N2O/c1-2-16-12-23(10-9-22-16)19(24)14-5-3-13(4-6-14)17-8-7-15(20)11-18(17)21/h3-8,11,16,22H,2,9-10,12H2,1H3/t16-/m1/s1. The highest BCUT2D eigenvalue weighted by molar-refractivity contribution is 6.36. The summed E-state index contributed by atoms with van der Waals surface area (Å²) in [5.41, 5.74) is 2.59. The van der Waals surface area contributed by atoms with E-state index in [1.807, 2.05) is 41.3 Å². The van der Waals surface area contributed by atoms with E-state index in [1.165, 1.54) is 0 Å². The van der Waals surface area contributed by atoms with Crippen molar-refractivity contribution in [1.29, 1.82) is 0 Å². The van der Waals surface area contributed by atoms with Gasteiger partial charge in [0.15, 0.2) is 0 Å². The molecule has 1 atom stereocenters. The Kier molecular flexibility index (Phi) is 5.44. The second-order valence-electron chi connectivity index (χ2n) is 6.01. The SMILES string of the molecule is CC[C@@H]1CN(C(=O)c2ccc(-c3ccc(Cl)cc3Cl)cc2)CCN1. The molecule has 1 N–H and O–H groups in total. The largest absolute Gasteiger partial charge is 0.336 e. The highest BCUT2D eigenvalue weighted by atomic mass is 35.5. The maximum absolute atomic E-state index is 12.7. The van der Waals surface area contributed by atoms with Crippen LogP contribution in [-0.2, 0) is 0 Å². The molecule has 1 aliphatic rings. The maximum Gasteiger partial charge on any atom is 0.253 e. The molecule has 1 heterocycles. The van der Waals surface area contributed by atoms with Crippen molar-refractivity contribution in [2.24, 2.45) is 0 Å². The molecule has 1 aliphatic heterocycles. The molecular formula is C19H20Cl2N2O. The summed E-state index contributed by atoms with van der Waals surface area (Å²) in [4.78, 5) is 14.6. The van der Waals surface area contributed by atoms with Gasteiger partial charge in [-0.15, -0.1) is 0 Å². The number of hydrogen-bond donors (Lipinski definition) is 1. The number of rotatable bonds is 3. The third-order valence-corrected chi connectivity index (χ3v) is 4.96. The lowest BCUT2D eigenvalue weighted by Gasteiger charge is -2.33. The Hall–Kier alpha value is -1.55. The van der Waals surface area contributed by atoms with Gasteiger partial charge in [0.25, 0.3) is 5.91 Å². The van der Waals surface area contributed by atoms with E-state index in [1.54, 1.807) is 6.07 Å². The average Bonchev–Trinajstić information content (AvgIpc) is 2.61. The smallest absolute Gasteiger partial charge is 0.253 e. The van der Waals surface area contributed by atoms with Gasteiger partial charge in [-0.05, 0) is 36.2 Å². The number of nitrogens with zero attached hydrogens (tertiary/aromatic N) is 1. The second kappa shape index (κ2) is 7.56. The monoisotopic (exact) mass is 362 g/mol.